The van der Waals surface area contributed by atoms with Crippen molar-refractivity contribution in [2.75, 3.05) is 0 Å². The van der Waals surface area contributed by atoms with Gasteiger partial charge >= 0.3 is 0 Å². The molecule has 102 valence electrons. The van der Waals surface area contributed by atoms with E-state index >= 15 is 0 Å². The lowest BCUT2D eigenvalue weighted by Gasteiger charge is -2.12. The maximum absolute atomic E-state index is 5.90. The number of hydrogen-bond donors (Lipinski definition) is 1. The molecule has 1 heterocycles. The van der Waals surface area contributed by atoms with Crippen molar-refractivity contribution in [3.63, 3.8) is 0 Å². The van der Waals surface area contributed by atoms with Crippen molar-refractivity contribution in [3.8, 4) is 5.75 Å². The summed E-state index contributed by atoms with van der Waals surface area (Å²) in [6, 6.07) is 7.63. The van der Waals surface area contributed by atoms with Gasteiger partial charge in [-0.15, -0.1) is 0 Å². The third-order valence-corrected chi connectivity index (χ3v) is 2.74. The van der Waals surface area contributed by atoms with Crippen molar-refractivity contribution in [1.29, 1.82) is 0 Å². The topological polar surface area (TPSA) is 74.2 Å². The van der Waals surface area contributed by atoms with E-state index in [0.29, 0.717) is 5.89 Å². The molecule has 0 amide bonds. The standard InChI is InChI=1S/C14H19N3O2/c1-3-6-13-16-14(19-17-13)9-18-12-8-5-4-7-11(12)10(2)15/h4-5,7-8,10H,3,6,9,15H2,1-2H3/t10-/m1/s1. The predicted octanol–water partition coefficient (Wildman–Crippen LogP) is 2.62. The van der Waals surface area contributed by atoms with Crippen LogP contribution in [0.15, 0.2) is 28.8 Å². The van der Waals surface area contributed by atoms with Crippen molar-refractivity contribution in [2.45, 2.75) is 39.3 Å². The van der Waals surface area contributed by atoms with Crippen molar-refractivity contribution in [2.24, 2.45) is 5.73 Å². The van der Waals surface area contributed by atoms with E-state index in [-0.39, 0.29) is 12.6 Å². The molecule has 2 N–H and O–H groups in total. The molecule has 0 fully saturated rings. The molecule has 5 nitrogen and oxygen atoms in total. The summed E-state index contributed by atoms with van der Waals surface area (Å²) in [7, 11) is 0. The van der Waals surface area contributed by atoms with Crippen LogP contribution >= 0.6 is 0 Å². The van der Waals surface area contributed by atoms with Crippen LogP contribution in [0.4, 0.5) is 0 Å². The SMILES string of the molecule is CCCc1noc(COc2ccccc2[C@@H](C)N)n1. The summed E-state index contributed by atoms with van der Waals surface area (Å²) in [5.41, 5.74) is 6.86. The van der Waals surface area contributed by atoms with Crippen LogP contribution in [0.2, 0.25) is 0 Å². The van der Waals surface area contributed by atoms with E-state index in [4.69, 9.17) is 15.0 Å². The van der Waals surface area contributed by atoms with Crippen LogP contribution in [-0.2, 0) is 13.0 Å². The smallest absolute Gasteiger partial charge is 0.264 e. The lowest BCUT2D eigenvalue weighted by molar-refractivity contribution is 0.240. The first-order valence-corrected chi connectivity index (χ1v) is 6.49. The fraction of sp³-hybridized carbons (Fsp3) is 0.429. The first-order valence-electron chi connectivity index (χ1n) is 6.49. The highest BCUT2D eigenvalue weighted by Crippen LogP contribution is 2.23. The largest absolute Gasteiger partial charge is 0.483 e. The van der Waals surface area contributed by atoms with Gasteiger partial charge in [0.1, 0.15) is 5.75 Å². The molecular formula is C14H19N3O2. The van der Waals surface area contributed by atoms with Crippen molar-refractivity contribution in [1.82, 2.24) is 10.1 Å². The quantitative estimate of drug-likeness (QED) is 0.865. The highest BCUT2D eigenvalue weighted by Gasteiger charge is 2.10. The van der Waals surface area contributed by atoms with Crippen molar-refractivity contribution in [3.05, 3.63) is 41.5 Å². The predicted molar refractivity (Wildman–Crippen MR) is 71.7 cm³/mol. The number of rotatable bonds is 6. The molecule has 0 saturated heterocycles. The summed E-state index contributed by atoms with van der Waals surface area (Å²) in [6.45, 7) is 4.26. The molecule has 1 aromatic carbocycles. The van der Waals surface area contributed by atoms with Gasteiger partial charge in [0.15, 0.2) is 12.4 Å². The van der Waals surface area contributed by atoms with E-state index < -0.39 is 0 Å². The maximum atomic E-state index is 5.90. The molecule has 0 bridgehead atoms. The molecule has 0 spiro atoms. The third kappa shape index (κ3) is 3.54. The summed E-state index contributed by atoms with van der Waals surface area (Å²) in [5, 5.41) is 3.88. The molecule has 2 aromatic rings. The van der Waals surface area contributed by atoms with Crippen molar-refractivity contribution < 1.29 is 9.26 Å². The molecule has 1 atom stereocenters. The number of aromatic nitrogens is 2. The highest BCUT2D eigenvalue weighted by atomic mass is 16.5. The van der Waals surface area contributed by atoms with E-state index in [1.165, 1.54) is 0 Å². The van der Waals surface area contributed by atoms with Gasteiger partial charge < -0.3 is 15.0 Å². The minimum atomic E-state index is -0.0745. The Kier molecular flexibility index (Phi) is 4.52. The monoisotopic (exact) mass is 261 g/mol. The fourth-order valence-corrected chi connectivity index (χ4v) is 1.80. The highest BCUT2D eigenvalue weighted by molar-refractivity contribution is 5.35. The first kappa shape index (κ1) is 13.5. The van der Waals surface area contributed by atoms with Gasteiger partial charge in [-0.1, -0.05) is 30.3 Å². The zero-order valence-electron chi connectivity index (χ0n) is 11.3. The Labute approximate surface area is 112 Å². The zero-order chi connectivity index (χ0) is 13.7. The molecule has 0 unspecified atom stereocenters. The van der Waals surface area contributed by atoms with Gasteiger partial charge in [-0.3, -0.25) is 0 Å². The van der Waals surface area contributed by atoms with E-state index in [0.717, 1.165) is 30.0 Å². The summed E-state index contributed by atoms with van der Waals surface area (Å²) < 4.78 is 10.8. The lowest BCUT2D eigenvalue weighted by Crippen LogP contribution is -2.08. The Morgan fingerprint density at radius 3 is 2.89 bits per heavy atom. The molecule has 1 aromatic heterocycles. The Balaban J connectivity index is 2.01. The van der Waals surface area contributed by atoms with Gasteiger partial charge in [0, 0.05) is 18.0 Å². The van der Waals surface area contributed by atoms with E-state index in [2.05, 4.69) is 17.1 Å². The van der Waals surface area contributed by atoms with E-state index in [1.54, 1.807) is 0 Å². The molecule has 0 aliphatic rings. The molecule has 19 heavy (non-hydrogen) atoms. The average Bonchev–Trinajstić information content (AvgIpc) is 2.85. The van der Waals surface area contributed by atoms with Crippen LogP contribution in [0.5, 0.6) is 5.75 Å². The zero-order valence-corrected chi connectivity index (χ0v) is 11.3. The average molecular weight is 261 g/mol. The normalized spacial score (nSPS) is 12.4. The molecule has 0 aliphatic carbocycles. The Bertz CT molecular complexity index is 523. The Morgan fingerprint density at radius 2 is 2.16 bits per heavy atom. The van der Waals surface area contributed by atoms with E-state index in [9.17, 15) is 0 Å². The van der Waals surface area contributed by atoms with Crippen LogP contribution in [0, 0.1) is 0 Å². The summed E-state index contributed by atoms with van der Waals surface area (Å²) in [5.74, 6) is 1.97. The molecular weight excluding hydrogens is 242 g/mol. The van der Waals surface area contributed by atoms with Crippen molar-refractivity contribution >= 4 is 0 Å². The Hall–Kier alpha value is -1.88. The number of para-hydroxylation sites is 1. The van der Waals surface area contributed by atoms with Crippen LogP contribution in [0.1, 0.15) is 43.6 Å². The number of ether oxygens (including phenoxy) is 1. The van der Waals surface area contributed by atoms with Crippen LogP contribution in [0.3, 0.4) is 0 Å². The lowest BCUT2D eigenvalue weighted by atomic mass is 10.1. The van der Waals surface area contributed by atoms with Crippen LogP contribution in [-0.4, -0.2) is 10.1 Å². The number of nitrogens with zero attached hydrogens (tertiary/aromatic N) is 2. The molecule has 0 radical (unpaired) electrons. The minimum absolute atomic E-state index is 0.0745. The summed E-state index contributed by atoms with van der Waals surface area (Å²) in [6.07, 6.45) is 1.81. The maximum Gasteiger partial charge on any atom is 0.264 e. The van der Waals surface area contributed by atoms with E-state index in [1.807, 2.05) is 31.2 Å². The second kappa shape index (κ2) is 6.33. The van der Waals surface area contributed by atoms with Crippen LogP contribution in [0.25, 0.3) is 0 Å². The number of aryl methyl sites for hydroxylation is 1. The van der Waals surface area contributed by atoms with Gasteiger partial charge in [-0.05, 0) is 19.4 Å². The summed E-state index contributed by atoms with van der Waals surface area (Å²) in [4.78, 5) is 4.26. The third-order valence-electron chi connectivity index (χ3n) is 2.74. The second-order valence-corrected chi connectivity index (χ2v) is 4.47. The van der Waals surface area contributed by atoms with Crippen LogP contribution < -0.4 is 10.5 Å². The van der Waals surface area contributed by atoms with Gasteiger partial charge in [-0.25, -0.2) is 0 Å². The fourth-order valence-electron chi connectivity index (χ4n) is 1.80. The first-order chi connectivity index (χ1) is 9.20. The number of benzene rings is 1. The minimum Gasteiger partial charge on any atom is -0.483 e. The molecule has 0 saturated carbocycles. The second-order valence-electron chi connectivity index (χ2n) is 4.47. The molecule has 2 rings (SSSR count). The number of hydrogen-bond acceptors (Lipinski definition) is 5. The number of nitrogens with two attached hydrogens (primary N) is 1. The molecule has 5 heteroatoms. The Morgan fingerprint density at radius 1 is 1.37 bits per heavy atom. The van der Waals surface area contributed by atoms with Gasteiger partial charge in [0.05, 0.1) is 0 Å². The van der Waals surface area contributed by atoms with Gasteiger partial charge in [0.2, 0.25) is 0 Å². The van der Waals surface area contributed by atoms with Gasteiger partial charge in [0.25, 0.3) is 5.89 Å². The summed E-state index contributed by atoms with van der Waals surface area (Å²) >= 11 is 0. The molecule has 0 aliphatic heterocycles. The van der Waals surface area contributed by atoms with Gasteiger partial charge in [-0.2, -0.15) is 4.98 Å².